The summed E-state index contributed by atoms with van der Waals surface area (Å²) in [6.07, 6.45) is 7.38. The fourth-order valence-electron chi connectivity index (χ4n) is 3.40. The number of aliphatic hydroxyl groups is 1. The van der Waals surface area contributed by atoms with Gasteiger partial charge >= 0.3 is 0 Å². The first-order chi connectivity index (χ1) is 13.5. The largest absolute Gasteiger partial charge is 0.493 e. The molecule has 4 heterocycles. The molecule has 3 aromatic heterocycles. The number of rotatable bonds is 5. The van der Waals surface area contributed by atoms with Gasteiger partial charge in [0.1, 0.15) is 11.3 Å². The molecule has 0 unspecified atom stereocenters. The van der Waals surface area contributed by atoms with Gasteiger partial charge in [-0.25, -0.2) is 19.5 Å². The van der Waals surface area contributed by atoms with Gasteiger partial charge in [-0.05, 0) is 39.3 Å². The van der Waals surface area contributed by atoms with Crippen LogP contribution in [0.5, 0.6) is 5.75 Å². The van der Waals surface area contributed by atoms with Gasteiger partial charge in [0.2, 0.25) is 5.95 Å². The topological polar surface area (TPSA) is 109 Å². The van der Waals surface area contributed by atoms with E-state index in [2.05, 4.69) is 30.7 Å². The molecule has 0 spiro atoms. The Morgan fingerprint density at radius 3 is 2.93 bits per heavy atom. The van der Waals surface area contributed by atoms with E-state index in [1.54, 1.807) is 44.1 Å². The molecule has 148 valence electrons. The number of ether oxygens (including phenoxy) is 1. The van der Waals surface area contributed by atoms with Gasteiger partial charge in [-0.1, -0.05) is 0 Å². The minimum Gasteiger partial charge on any atom is -0.493 e. The molecule has 9 nitrogen and oxygen atoms in total. The number of anilines is 1. The highest BCUT2D eigenvalue weighted by molar-refractivity contribution is 5.75. The summed E-state index contributed by atoms with van der Waals surface area (Å²) in [4.78, 5) is 13.6. The van der Waals surface area contributed by atoms with E-state index < -0.39 is 5.60 Å². The fourth-order valence-corrected chi connectivity index (χ4v) is 3.40. The van der Waals surface area contributed by atoms with Crippen LogP contribution in [0.1, 0.15) is 32.4 Å². The van der Waals surface area contributed by atoms with Crippen molar-refractivity contribution in [2.24, 2.45) is 0 Å². The van der Waals surface area contributed by atoms with Crippen molar-refractivity contribution in [2.75, 3.05) is 25.5 Å². The number of piperidine rings is 1. The molecular formula is C19H25N7O2. The SMILES string of the molecule is COc1cn2ncc(-c3ccnc(N[C@@H]4CCCNC4)n3)c2nc1C(C)(C)O. The van der Waals surface area contributed by atoms with Gasteiger partial charge in [0.25, 0.3) is 0 Å². The van der Waals surface area contributed by atoms with Crippen molar-refractivity contribution < 1.29 is 9.84 Å². The monoisotopic (exact) mass is 383 g/mol. The number of fused-ring (bicyclic) bond motifs is 1. The van der Waals surface area contributed by atoms with Crippen LogP contribution < -0.4 is 15.4 Å². The van der Waals surface area contributed by atoms with Gasteiger partial charge in [0, 0.05) is 18.8 Å². The van der Waals surface area contributed by atoms with E-state index in [0.717, 1.165) is 37.2 Å². The zero-order valence-electron chi connectivity index (χ0n) is 16.3. The van der Waals surface area contributed by atoms with E-state index >= 15 is 0 Å². The summed E-state index contributed by atoms with van der Waals surface area (Å²) in [5, 5.41) is 21.6. The maximum atomic E-state index is 10.5. The summed E-state index contributed by atoms with van der Waals surface area (Å²) in [7, 11) is 1.55. The molecule has 0 amide bonds. The molecule has 1 aliphatic rings. The van der Waals surface area contributed by atoms with Crippen LogP contribution in [-0.4, -0.2) is 55.9 Å². The molecule has 0 radical (unpaired) electrons. The number of nitrogens with zero attached hydrogens (tertiary/aromatic N) is 5. The third-order valence-electron chi connectivity index (χ3n) is 4.82. The number of hydrogen-bond donors (Lipinski definition) is 3. The Morgan fingerprint density at radius 2 is 2.21 bits per heavy atom. The summed E-state index contributed by atoms with van der Waals surface area (Å²) in [5.41, 5.74) is 1.38. The van der Waals surface area contributed by atoms with Crippen LogP contribution in [-0.2, 0) is 5.60 Å². The molecule has 3 N–H and O–H groups in total. The quantitative estimate of drug-likeness (QED) is 0.609. The van der Waals surface area contributed by atoms with E-state index in [4.69, 9.17) is 4.74 Å². The highest BCUT2D eigenvalue weighted by atomic mass is 16.5. The van der Waals surface area contributed by atoms with Gasteiger partial charge < -0.3 is 20.5 Å². The highest BCUT2D eigenvalue weighted by Crippen LogP contribution is 2.31. The number of aromatic nitrogens is 5. The average molecular weight is 383 g/mol. The predicted molar refractivity (Wildman–Crippen MR) is 105 cm³/mol. The summed E-state index contributed by atoms with van der Waals surface area (Å²) >= 11 is 0. The van der Waals surface area contributed by atoms with Crippen molar-refractivity contribution in [3.63, 3.8) is 0 Å². The standard InChI is InChI=1S/C19H25N7O2/c1-19(2,27)16-15(28-3)11-26-17(25-16)13(10-22-26)14-6-8-21-18(24-14)23-12-5-4-7-20-9-12/h6,8,10-12,20,27H,4-5,7,9H2,1-3H3,(H,21,23,24)/t12-/m1/s1. The molecule has 28 heavy (non-hydrogen) atoms. The predicted octanol–water partition coefficient (Wildman–Crippen LogP) is 1.59. The molecule has 0 bridgehead atoms. The second kappa shape index (κ2) is 7.33. The van der Waals surface area contributed by atoms with Crippen LogP contribution in [0.2, 0.25) is 0 Å². The van der Waals surface area contributed by atoms with E-state index in [1.807, 2.05) is 6.07 Å². The second-order valence-corrected chi connectivity index (χ2v) is 7.50. The number of hydrogen-bond acceptors (Lipinski definition) is 8. The Balaban J connectivity index is 1.72. The minimum absolute atomic E-state index is 0.317. The molecule has 0 saturated carbocycles. The molecule has 0 aromatic carbocycles. The number of nitrogens with one attached hydrogen (secondary N) is 2. The molecule has 4 rings (SSSR count). The lowest BCUT2D eigenvalue weighted by Gasteiger charge is -2.23. The molecular weight excluding hydrogens is 358 g/mol. The summed E-state index contributed by atoms with van der Waals surface area (Å²) in [6, 6.07) is 2.15. The Hall–Kier alpha value is -2.78. The van der Waals surface area contributed by atoms with Gasteiger partial charge in [-0.15, -0.1) is 0 Å². The Kier molecular flexibility index (Phi) is 4.86. The lowest BCUT2D eigenvalue weighted by molar-refractivity contribution is 0.0707. The summed E-state index contributed by atoms with van der Waals surface area (Å²) < 4.78 is 7.00. The summed E-state index contributed by atoms with van der Waals surface area (Å²) in [5.74, 6) is 1.06. The molecule has 1 saturated heterocycles. The molecule has 1 aliphatic heterocycles. The Bertz CT molecular complexity index is 974. The van der Waals surface area contributed by atoms with Crippen molar-refractivity contribution in [1.82, 2.24) is 29.9 Å². The van der Waals surface area contributed by atoms with Crippen molar-refractivity contribution >= 4 is 11.6 Å². The first kappa shape index (κ1) is 18.6. The van der Waals surface area contributed by atoms with Gasteiger partial charge in [-0.3, -0.25) is 0 Å². The lowest BCUT2D eigenvalue weighted by Crippen LogP contribution is -2.38. The normalized spacial score (nSPS) is 17.6. The molecule has 3 aromatic rings. The molecule has 1 fully saturated rings. The van der Waals surface area contributed by atoms with Crippen LogP contribution in [0.15, 0.2) is 24.7 Å². The van der Waals surface area contributed by atoms with Crippen molar-refractivity contribution in [2.45, 2.75) is 38.3 Å². The molecule has 9 heteroatoms. The van der Waals surface area contributed by atoms with Crippen LogP contribution in [0.3, 0.4) is 0 Å². The fraction of sp³-hybridized carbons (Fsp3) is 0.474. The Morgan fingerprint density at radius 1 is 1.36 bits per heavy atom. The average Bonchev–Trinajstić information content (AvgIpc) is 3.10. The first-order valence-corrected chi connectivity index (χ1v) is 9.41. The van der Waals surface area contributed by atoms with Crippen LogP contribution in [0, 0.1) is 0 Å². The van der Waals surface area contributed by atoms with Crippen LogP contribution >= 0.6 is 0 Å². The van der Waals surface area contributed by atoms with Crippen molar-refractivity contribution in [3.8, 4) is 17.0 Å². The van der Waals surface area contributed by atoms with Gasteiger partial charge in [-0.2, -0.15) is 5.10 Å². The molecule has 1 atom stereocenters. The minimum atomic E-state index is -1.15. The zero-order chi connectivity index (χ0) is 19.7. The van der Waals surface area contributed by atoms with Crippen LogP contribution in [0.25, 0.3) is 16.9 Å². The highest BCUT2D eigenvalue weighted by Gasteiger charge is 2.25. The van der Waals surface area contributed by atoms with Crippen LogP contribution in [0.4, 0.5) is 5.95 Å². The Labute approximate surface area is 163 Å². The van der Waals surface area contributed by atoms with Crippen molar-refractivity contribution in [1.29, 1.82) is 0 Å². The molecule has 0 aliphatic carbocycles. The maximum Gasteiger partial charge on any atom is 0.223 e. The van der Waals surface area contributed by atoms with E-state index in [9.17, 15) is 5.11 Å². The van der Waals surface area contributed by atoms with E-state index in [1.165, 1.54) is 0 Å². The van der Waals surface area contributed by atoms with Crippen molar-refractivity contribution in [3.05, 3.63) is 30.4 Å². The smallest absolute Gasteiger partial charge is 0.223 e. The third-order valence-corrected chi connectivity index (χ3v) is 4.82. The summed E-state index contributed by atoms with van der Waals surface area (Å²) in [6.45, 7) is 5.31. The van der Waals surface area contributed by atoms with Gasteiger partial charge in [0.05, 0.1) is 30.8 Å². The maximum absolute atomic E-state index is 10.5. The third kappa shape index (κ3) is 3.63. The van der Waals surface area contributed by atoms with E-state index in [-0.39, 0.29) is 0 Å². The zero-order valence-corrected chi connectivity index (χ0v) is 16.3. The van der Waals surface area contributed by atoms with E-state index in [0.29, 0.717) is 29.1 Å². The van der Waals surface area contributed by atoms with Gasteiger partial charge in [0.15, 0.2) is 11.4 Å². The second-order valence-electron chi connectivity index (χ2n) is 7.50. The number of methoxy groups -OCH3 is 1. The first-order valence-electron chi connectivity index (χ1n) is 9.41. The lowest BCUT2D eigenvalue weighted by atomic mass is 10.0.